The highest BCUT2D eigenvalue weighted by molar-refractivity contribution is 5.94. The molecule has 1 fully saturated rings. The molecule has 294 valence electrons. The van der Waals surface area contributed by atoms with Crippen molar-refractivity contribution >= 4 is 0 Å². The third kappa shape index (κ3) is 6.67. The summed E-state index contributed by atoms with van der Waals surface area (Å²) in [5.41, 5.74) is 18.0. The van der Waals surface area contributed by atoms with E-state index in [9.17, 15) is 5.26 Å². The molecule has 0 amide bonds. The summed E-state index contributed by atoms with van der Waals surface area (Å²) in [5.74, 6) is 1.87. The number of fused-ring (bicyclic) bond motifs is 5. The first-order valence-electron chi connectivity index (χ1n) is 21.5. The minimum atomic E-state index is -0.0140. The normalized spacial score (nSPS) is 13.6. The Bertz CT molecular complexity index is 3140. The number of hydrogen-bond donors (Lipinski definition) is 0. The van der Waals surface area contributed by atoms with E-state index in [4.69, 9.17) is 15.0 Å². The Labute approximate surface area is 362 Å². The Morgan fingerprint density at radius 1 is 0.403 bits per heavy atom. The highest BCUT2D eigenvalue weighted by atomic mass is 15.0. The summed E-state index contributed by atoms with van der Waals surface area (Å²) in [6, 6.07) is 64.3. The Balaban J connectivity index is 0.912. The molecule has 2 aliphatic rings. The van der Waals surface area contributed by atoms with Crippen molar-refractivity contribution in [3.05, 3.63) is 205 Å². The molecular weight excluding hydrogens is 755 g/mol. The van der Waals surface area contributed by atoms with Crippen molar-refractivity contribution in [3.63, 3.8) is 0 Å². The van der Waals surface area contributed by atoms with E-state index < -0.39 is 0 Å². The van der Waals surface area contributed by atoms with Crippen LogP contribution in [0.2, 0.25) is 0 Å². The average molecular weight is 796 g/mol. The Kier molecular flexibility index (Phi) is 9.40. The lowest BCUT2D eigenvalue weighted by atomic mass is 9.67. The molecule has 7 aromatic carbocycles. The van der Waals surface area contributed by atoms with E-state index in [1.54, 1.807) is 6.20 Å². The predicted molar refractivity (Wildman–Crippen MR) is 250 cm³/mol. The Hall–Kier alpha value is -7.81. The maximum atomic E-state index is 9.85. The van der Waals surface area contributed by atoms with Gasteiger partial charge in [-0.25, -0.2) is 15.0 Å². The van der Waals surface area contributed by atoms with Crippen LogP contribution in [0, 0.1) is 11.3 Å². The van der Waals surface area contributed by atoms with Gasteiger partial charge in [-0.3, -0.25) is 4.98 Å². The van der Waals surface area contributed by atoms with E-state index in [1.807, 2.05) is 48.7 Å². The number of nitrogens with zero attached hydrogens (tertiary/aromatic N) is 5. The van der Waals surface area contributed by atoms with Gasteiger partial charge in [0.05, 0.1) is 11.6 Å². The van der Waals surface area contributed by atoms with Gasteiger partial charge in [-0.15, -0.1) is 0 Å². The number of benzene rings is 7. The molecule has 5 heteroatoms. The van der Waals surface area contributed by atoms with Gasteiger partial charge in [0.15, 0.2) is 17.5 Å². The second-order valence-electron chi connectivity index (χ2n) is 16.5. The molecule has 1 spiro atoms. The quantitative estimate of drug-likeness (QED) is 0.161. The van der Waals surface area contributed by atoms with E-state index in [-0.39, 0.29) is 5.41 Å². The van der Waals surface area contributed by atoms with Gasteiger partial charge >= 0.3 is 0 Å². The second-order valence-corrected chi connectivity index (χ2v) is 16.5. The molecule has 0 bridgehead atoms. The smallest absolute Gasteiger partial charge is 0.164 e. The molecule has 0 unspecified atom stereocenters. The van der Waals surface area contributed by atoms with Crippen LogP contribution in [0.3, 0.4) is 0 Å². The van der Waals surface area contributed by atoms with Crippen molar-refractivity contribution in [3.8, 4) is 95.9 Å². The fourth-order valence-corrected chi connectivity index (χ4v) is 9.80. The van der Waals surface area contributed by atoms with E-state index in [0.29, 0.717) is 17.5 Å². The largest absolute Gasteiger partial charge is 0.264 e. The lowest BCUT2D eigenvalue weighted by Crippen LogP contribution is -2.28. The minimum Gasteiger partial charge on any atom is -0.264 e. The maximum Gasteiger partial charge on any atom is 0.164 e. The van der Waals surface area contributed by atoms with Crippen LogP contribution < -0.4 is 0 Å². The zero-order chi connectivity index (χ0) is 41.5. The molecule has 62 heavy (non-hydrogen) atoms. The number of rotatable bonds is 7. The first-order valence-corrected chi connectivity index (χ1v) is 21.5. The summed E-state index contributed by atoms with van der Waals surface area (Å²) < 4.78 is 0. The van der Waals surface area contributed by atoms with Crippen molar-refractivity contribution in [2.75, 3.05) is 0 Å². The second kappa shape index (κ2) is 15.7. The average Bonchev–Trinajstić information content (AvgIpc) is 3.62. The zero-order valence-corrected chi connectivity index (χ0v) is 34.2. The molecule has 11 rings (SSSR count). The third-order valence-corrected chi connectivity index (χ3v) is 12.9. The van der Waals surface area contributed by atoms with Crippen LogP contribution in [0.5, 0.6) is 0 Å². The standard InChI is InChI=1S/C57H41N5/c58-36-38-20-29-50-52(33-38)57(30-5-2-6-31-57)51-19-9-18-49(53(50)51)46-15-7-13-44(34-46)39-21-23-40(24-22-39)45-14-8-16-47(35-45)56-61-54(42-11-3-1-4-12-42)60-55(62-56)43-27-25-41(26-28-43)48-17-10-32-59-37-48/h1,3-4,7-29,32-35,37H,2,5-6,30-31H2. The van der Waals surface area contributed by atoms with E-state index in [1.165, 1.54) is 58.2 Å². The van der Waals surface area contributed by atoms with Crippen molar-refractivity contribution in [2.45, 2.75) is 37.5 Å². The van der Waals surface area contributed by atoms with Crippen LogP contribution in [-0.4, -0.2) is 19.9 Å². The van der Waals surface area contributed by atoms with Gasteiger partial charge in [-0.1, -0.05) is 165 Å². The SMILES string of the molecule is N#Cc1ccc2c(c1)C1(CCCCC1)c1cccc(-c3cccc(-c4ccc(-c5cccc(-c6nc(-c7ccccc7)nc(-c7ccc(-c8cccnc8)cc7)n6)c5)cc4)c3)c1-2. The molecule has 0 saturated heterocycles. The summed E-state index contributed by atoms with van der Waals surface area (Å²) in [7, 11) is 0. The monoisotopic (exact) mass is 795 g/mol. The van der Waals surface area contributed by atoms with E-state index >= 15 is 0 Å². The highest BCUT2D eigenvalue weighted by Gasteiger charge is 2.44. The summed E-state index contributed by atoms with van der Waals surface area (Å²) in [6.07, 6.45) is 9.63. The number of pyridine rings is 1. The molecule has 5 nitrogen and oxygen atoms in total. The molecular formula is C57H41N5. The Morgan fingerprint density at radius 3 is 1.61 bits per heavy atom. The molecule has 0 radical (unpaired) electrons. The highest BCUT2D eigenvalue weighted by Crippen LogP contribution is 2.58. The first kappa shape index (κ1) is 37.2. The predicted octanol–water partition coefficient (Wildman–Crippen LogP) is 14.0. The van der Waals surface area contributed by atoms with Crippen molar-refractivity contribution in [2.24, 2.45) is 0 Å². The van der Waals surface area contributed by atoms with Gasteiger partial charge in [-0.2, -0.15) is 5.26 Å². The zero-order valence-electron chi connectivity index (χ0n) is 34.2. The Morgan fingerprint density at radius 2 is 0.952 bits per heavy atom. The summed E-state index contributed by atoms with van der Waals surface area (Å²) in [6.45, 7) is 0. The van der Waals surface area contributed by atoms with Crippen LogP contribution in [0.1, 0.15) is 48.8 Å². The van der Waals surface area contributed by atoms with Crippen molar-refractivity contribution in [1.82, 2.24) is 19.9 Å². The number of aromatic nitrogens is 4. The maximum absolute atomic E-state index is 9.85. The molecule has 2 aliphatic carbocycles. The summed E-state index contributed by atoms with van der Waals surface area (Å²) in [4.78, 5) is 19.3. The fraction of sp³-hybridized carbons (Fsp3) is 0.105. The van der Waals surface area contributed by atoms with Crippen LogP contribution in [0.25, 0.3) is 89.8 Å². The number of nitriles is 1. The fourth-order valence-electron chi connectivity index (χ4n) is 9.80. The number of hydrogen-bond acceptors (Lipinski definition) is 5. The molecule has 0 N–H and O–H groups in total. The minimum absolute atomic E-state index is 0.0140. The molecule has 0 aliphatic heterocycles. The summed E-state index contributed by atoms with van der Waals surface area (Å²) in [5, 5.41) is 9.85. The third-order valence-electron chi connectivity index (χ3n) is 12.9. The van der Waals surface area contributed by atoms with E-state index in [2.05, 4.69) is 145 Å². The molecule has 9 aromatic rings. The molecule has 1 saturated carbocycles. The topological polar surface area (TPSA) is 75.3 Å². The van der Waals surface area contributed by atoms with Gasteiger partial charge in [0.1, 0.15) is 0 Å². The summed E-state index contributed by atoms with van der Waals surface area (Å²) >= 11 is 0. The van der Waals surface area contributed by atoms with Gasteiger partial charge in [0, 0.05) is 34.5 Å². The first-order chi connectivity index (χ1) is 30.6. The van der Waals surface area contributed by atoms with Crippen molar-refractivity contribution < 1.29 is 0 Å². The van der Waals surface area contributed by atoms with Gasteiger partial charge in [0.25, 0.3) is 0 Å². The van der Waals surface area contributed by atoms with Crippen LogP contribution in [0.4, 0.5) is 0 Å². The molecule has 2 aromatic heterocycles. The van der Waals surface area contributed by atoms with Gasteiger partial charge in [0.2, 0.25) is 0 Å². The lowest BCUT2D eigenvalue weighted by Gasteiger charge is -2.36. The van der Waals surface area contributed by atoms with Crippen LogP contribution >= 0.6 is 0 Å². The lowest BCUT2D eigenvalue weighted by molar-refractivity contribution is 0.353. The van der Waals surface area contributed by atoms with Gasteiger partial charge < -0.3 is 0 Å². The van der Waals surface area contributed by atoms with Crippen molar-refractivity contribution in [1.29, 1.82) is 5.26 Å². The van der Waals surface area contributed by atoms with Crippen LogP contribution in [-0.2, 0) is 5.41 Å². The van der Waals surface area contributed by atoms with Crippen LogP contribution in [0.15, 0.2) is 188 Å². The van der Waals surface area contributed by atoms with E-state index in [0.717, 1.165) is 62.9 Å². The molecule has 0 atom stereocenters. The van der Waals surface area contributed by atoms with Gasteiger partial charge in [-0.05, 0) is 110 Å². The molecule has 2 heterocycles.